The molecule has 2 aromatic carbocycles. The first-order valence-electron chi connectivity index (χ1n) is 12.4. The molecule has 0 bridgehead atoms. The van der Waals surface area contributed by atoms with Gasteiger partial charge in [-0.05, 0) is 49.1 Å². The largest absolute Gasteiger partial charge is 0.370 e. The van der Waals surface area contributed by atoms with Gasteiger partial charge in [-0.25, -0.2) is 13.4 Å². The lowest BCUT2D eigenvalue weighted by Gasteiger charge is -2.32. The number of nitrogens with zero attached hydrogens (tertiary/aromatic N) is 2. The summed E-state index contributed by atoms with van der Waals surface area (Å²) < 4.78 is 25.6. The lowest BCUT2D eigenvalue weighted by Crippen LogP contribution is -2.44. The predicted molar refractivity (Wildman–Crippen MR) is 157 cm³/mol. The zero-order valence-corrected chi connectivity index (χ0v) is 24.3. The van der Waals surface area contributed by atoms with E-state index in [4.69, 9.17) is 34.3 Å². The number of halogens is 2. The fraction of sp³-hybridized carbons (Fsp3) is 0.346. The third kappa shape index (κ3) is 8.39. The standard InChI is InChI=1S/C26H30Cl2N6O3S2/c27-21-8-3-17(14-22(21)28)15-34-11-9-19(10-12-34)31-24(35)2-1-13-39(36,37)20-6-4-18(5-7-20)23-16-38-26(32-23)33-25(29)30/h3-8,14,16,19H,1-2,9-13,15H2,(H,31,35)(H4,29,30,32,33). The molecule has 1 saturated heterocycles. The molecule has 2 heterocycles. The highest BCUT2D eigenvalue weighted by molar-refractivity contribution is 7.91. The molecule has 5 N–H and O–H groups in total. The van der Waals surface area contributed by atoms with Crippen molar-refractivity contribution in [1.82, 2.24) is 15.2 Å². The Labute approximate surface area is 242 Å². The van der Waals surface area contributed by atoms with Crippen molar-refractivity contribution in [3.63, 3.8) is 0 Å². The molecule has 1 fully saturated rings. The normalized spacial score (nSPS) is 14.7. The summed E-state index contributed by atoms with van der Waals surface area (Å²) in [6.07, 6.45) is 2.08. The number of guanidine groups is 1. The average Bonchev–Trinajstić information content (AvgIpc) is 3.35. The van der Waals surface area contributed by atoms with Gasteiger partial charge >= 0.3 is 0 Å². The Morgan fingerprint density at radius 1 is 1.13 bits per heavy atom. The van der Waals surface area contributed by atoms with Crippen molar-refractivity contribution < 1.29 is 13.2 Å². The SMILES string of the molecule is N=C(N)Nc1nc(-c2ccc(S(=O)(=O)CCCC(=O)NC3CCN(Cc4ccc(Cl)c(Cl)c4)CC3)cc2)cs1. The van der Waals surface area contributed by atoms with Crippen LogP contribution in [0.4, 0.5) is 5.13 Å². The average molecular weight is 610 g/mol. The minimum Gasteiger partial charge on any atom is -0.370 e. The number of benzene rings is 2. The van der Waals surface area contributed by atoms with Crippen molar-refractivity contribution in [2.24, 2.45) is 5.73 Å². The van der Waals surface area contributed by atoms with E-state index in [2.05, 4.69) is 20.5 Å². The van der Waals surface area contributed by atoms with Crippen LogP contribution >= 0.6 is 34.5 Å². The van der Waals surface area contributed by atoms with Gasteiger partial charge in [0.2, 0.25) is 5.91 Å². The molecule has 1 aliphatic rings. The number of nitrogens with one attached hydrogen (secondary N) is 3. The molecule has 4 rings (SSSR count). The number of carbonyl (C=O) groups is 1. The van der Waals surface area contributed by atoms with Gasteiger partial charge in [0.25, 0.3) is 0 Å². The fourth-order valence-electron chi connectivity index (χ4n) is 4.38. The molecule has 0 aliphatic carbocycles. The van der Waals surface area contributed by atoms with E-state index >= 15 is 0 Å². The number of sulfone groups is 1. The summed E-state index contributed by atoms with van der Waals surface area (Å²) in [5, 5.41) is 16.3. The summed E-state index contributed by atoms with van der Waals surface area (Å²) in [7, 11) is -3.52. The number of anilines is 1. The molecule has 0 radical (unpaired) electrons. The van der Waals surface area contributed by atoms with Gasteiger partial charge in [0.15, 0.2) is 20.9 Å². The van der Waals surface area contributed by atoms with Crippen LogP contribution in [-0.2, 0) is 21.2 Å². The number of carbonyl (C=O) groups excluding carboxylic acids is 1. The Morgan fingerprint density at radius 3 is 2.51 bits per heavy atom. The van der Waals surface area contributed by atoms with Crippen LogP contribution in [0.2, 0.25) is 10.0 Å². The highest BCUT2D eigenvalue weighted by atomic mass is 35.5. The number of amides is 1. The van der Waals surface area contributed by atoms with Gasteiger partial charge in [-0.1, -0.05) is 41.4 Å². The van der Waals surface area contributed by atoms with Crippen LogP contribution in [0.5, 0.6) is 0 Å². The molecular formula is C26H30Cl2N6O3S2. The number of likely N-dealkylation sites (tertiary alicyclic amines) is 1. The number of rotatable bonds is 10. The van der Waals surface area contributed by atoms with Crippen molar-refractivity contribution in [1.29, 1.82) is 5.41 Å². The second-order valence-corrected chi connectivity index (χ2v) is 13.2. The van der Waals surface area contributed by atoms with Crippen LogP contribution in [0.1, 0.15) is 31.2 Å². The molecule has 13 heteroatoms. The second kappa shape index (κ2) is 13.1. The molecule has 0 spiro atoms. The van der Waals surface area contributed by atoms with Crippen LogP contribution in [-0.4, -0.2) is 55.1 Å². The van der Waals surface area contributed by atoms with E-state index < -0.39 is 9.84 Å². The zero-order chi connectivity index (χ0) is 28.0. The Balaban J connectivity index is 1.19. The molecule has 1 aromatic heterocycles. The number of nitrogens with two attached hydrogens (primary N) is 1. The van der Waals surface area contributed by atoms with Crippen molar-refractivity contribution in [2.45, 2.75) is 43.2 Å². The molecule has 0 unspecified atom stereocenters. The van der Waals surface area contributed by atoms with Crippen LogP contribution in [0, 0.1) is 5.41 Å². The van der Waals surface area contributed by atoms with Gasteiger partial charge in [-0.15, -0.1) is 11.3 Å². The van der Waals surface area contributed by atoms with Gasteiger partial charge in [0, 0.05) is 43.0 Å². The monoisotopic (exact) mass is 608 g/mol. The van der Waals surface area contributed by atoms with Crippen LogP contribution < -0.4 is 16.4 Å². The van der Waals surface area contributed by atoms with Crippen molar-refractivity contribution in [3.05, 3.63) is 63.5 Å². The van der Waals surface area contributed by atoms with Gasteiger partial charge in [-0.2, -0.15) is 0 Å². The number of aromatic nitrogens is 1. The summed E-state index contributed by atoms with van der Waals surface area (Å²) in [6.45, 7) is 2.48. The Hall–Kier alpha value is -2.70. The lowest BCUT2D eigenvalue weighted by atomic mass is 10.0. The Morgan fingerprint density at radius 2 is 1.85 bits per heavy atom. The highest BCUT2D eigenvalue weighted by Gasteiger charge is 2.22. The number of piperidine rings is 1. The molecule has 208 valence electrons. The van der Waals surface area contributed by atoms with Crippen molar-refractivity contribution >= 4 is 61.4 Å². The van der Waals surface area contributed by atoms with E-state index in [1.165, 1.54) is 11.3 Å². The summed E-state index contributed by atoms with van der Waals surface area (Å²) in [5.74, 6) is -0.430. The first kappa shape index (κ1) is 29.3. The lowest BCUT2D eigenvalue weighted by molar-refractivity contribution is -0.122. The van der Waals surface area contributed by atoms with Crippen LogP contribution in [0.25, 0.3) is 11.3 Å². The van der Waals surface area contributed by atoms with Crippen molar-refractivity contribution in [2.75, 3.05) is 24.2 Å². The highest BCUT2D eigenvalue weighted by Crippen LogP contribution is 2.27. The Kier molecular flexibility index (Phi) is 9.84. The van der Waals surface area contributed by atoms with Crippen molar-refractivity contribution in [3.8, 4) is 11.3 Å². The predicted octanol–water partition coefficient (Wildman–Crippen LogP) is 4.76. The first-order chi connectivity index (χ1) is 18.6. The summed E-state index contributed by atoms with van der Waals surface area (Å²) in [5.41, 5.74) is 7.83. The number of hydrogen-bond acceptors (Lipinski definition) is 7. The molecule has 3 aromatic rings. The van der Waals surface area contributed by atoms with E-state index in [0.717, 1.165) is 43.6 Å². The van der Waals surface area contributed by atoms with Gasteiger partial charge < -0.3 is 16.4 Å². The molecule has 1 aliphatic heterocycles. The molecule has 0 atom stereocenters. The van der Waals surface area contributed by atoms with Crippen LogP contribution in [0.3, 0.4) is 0 Å². The van der Waals surface area contributed by atoms with E-state index in [1.54, 1.807) is 35.7 Å². The molecular weight excluding hydrogens is 579 g/mol. The second-order valence-electron chi connectivity index (χ2n) is 9.39. The van der Waals surface area contributed by atoms with E-state index in [1.807, 2.05) is 12.1 Å². The quantitative estimate of drug-likeness (QED) is 0.192. The first-order valence-corrected chi connectivity index (χ1v) is 15.7. The molecule has 39 heavy (non-hydrogen) atoms. The van der Waals surface area contributed by atoms with Gasteiger partial charge in [-0.3, -0.25) is 15.1 Å². The summed E-state index contributed by atoms with van der Waals surface area (Å²) >= 11 is 13.4. The minimum absolute atomic E-state index is 0.0867. The van der Waals surface area contributed by atoms with Crippen LogP contribution in [0.15, 0.2) is 52.7 Å². The maximum Gasteiger partial charge on any atom is 0.220 e. The van der Waals surface area contributed by atoms with Gasteiger partial charge in [0.1, 0.15) is 0 Å². The smallest absolute Gasteiger partial charge is 0.220 e. The van der Waals surface area contributed by atoms with E-state index in [0.29, 0.717) is 20.9 Å². The third-order valence-electron chi connectivity index (χ3n) is 6.41. The maximum absolute atomic E-state index is 12.8. The summed E-state index contributed by atoms with van der Waals surface area (Å²) in [4.78, 5) is 19.3. The number of hydrogen-bond donors (Lipinski definition) is 4. The van der Waals surface area contributed by atoms with E-state index in [9.17, 15) is 13.2 Å². The Bertz CT molecular complexity index is 1420. The number of thiazole rings is 1. The topological polar surface area (TPSA) is 141 Å². The maximum atomic E-state index is 12.8. The summed E-state index contributed by atoms with van der Waals surface area (Å²) in [6, 6.07) is 12.2. The van der Waals surface area contributed by atoms with E-state index in [-0.39, 0.29) is 41.4 Å². The molecule has 0 saturated carbocycles. The third-order valence-corrected chi connectivity index (χ3v) is 9.73. The molecule has 1 amide bonds. The fourth-order valence-corrected chi connectivity index (χ4v) is 6.75. The van der Waals surface area contributed by atoms with Gasteiger partial charge in [0.05, 0.1) is 26.4 Å². The molecule has 9 nitrogen and oxygen atoms in total. The zero-order valence-electron chi connectivity index (χ0n) is 21.1. The minimum atomic E-state index is -3.52.